The second-order valence-corrected chi connectivity index (χ2v) is 5.57. The molecule has 1 N–H and O–H groups in total. The first-order chi connectivity index (χ1) is 13.2. The molecule has 1 aromatic carbocycles. The summed E-state index contributed by atoms with van der Waals surface area (Å²) < 4.78 is 8.20. The van der Waals surface area contributed by atoms with E-state index in [2.05, 4.69) is 26.6 Å². The average molecular weight is 359 g/mol. The van der Waals surface area contributed by atoms with Crippen molar-refractivity contribution in [3.8, 4) is 17.5 Å². The Balaban J connectivity index is 1.63. The summed E-state index contributed by atoms with van der Waals surface area (Å²) >= 11 is 0. The third-order valence-electron chi connectivity index (χ3n) is 3.98. The second kappa shape index (κ2) is 6.61. The third kappa shape index (κ3) is 2.96. The molecule has 0 aliphatic rings. The molecular formula is C18H13N7O2. The average Bonchev–Trinajstić information content (AvgIpc) is 3.34. The van der Waals surface area contributed by atoms with Crippen molar-refractivity contribution in [2.24, 2.45) is 0 Å². The van der Waals surface area contributed by atoms with E-state index in [0.29, 0.717) is 28.1 Å². The second-order valence-electron chi connectivity index (χ2n) is 5.57. The van der Waals surface area contributed by atoms with E-state index < -0.39 is 0 Å². The van der Waals surface area contributed by atoms with Crippen LogP contribution < -0.4 is 10.1 Å². The highest BCUT2D eigenvalue weighted by atomic mass is 16.5. The van der Waals surface area contributed by atoms with Gasteiger partial charge in [-0.3, -0.25) is 10.1 Å². The molecule has 4 rings (SSSR count). The van der Waals surface area contributed by atoms with Gasteiger partial charge in [-0.05, 0) is 36.4 Å². The van der Waals surface area contributed by atoms with Crippen LogP contribution in [0, 0.1) is 11.3 Å². The molecule has 0 unspecified atom stereocenters. The van der Waals surface area contributed by atoms with Gasteiger partial charge in [0.2, 0.25) is 5.95 Å². The molecule has 0 fully saturated rings. The molecular weight excluding hydrogens is 346 g/mol. The van der Waals surface area contributed by atoms with Crippen LogP contribution in [0.3, 0.4) is 0 Å². The molecule has 9 nitrogen and oxygen atoms in total. The Morgan fingerprint density at radius 3 is 2.74 bits per heavy atom. The number of anilines is 1. The van der Waals surface area contributed by atoms with Crippen molar-refractivity contribution in [3.05, 3.63) is 66.2 Å². The van der Waals surface area contributed by atoms with E-state index in [1.54, 1.807) is 54.2 Å². The maximum absolute atomic E-state index is 12.7. The lowest BCUT2D eigenvalue weighted by atomic mass is 10.2. The van der Waals surface area contributed by atoms with Crippen LogP contribution in [-0.4, -0.2) is 37.4 Å². The molecule has 0 bridgehead atoms. The van der Waals surface area contributed by atoms with E-state index in [1.807, 2.05) is 0 Å². The molecule has 9 heteroatoms. The minimum Gasteiger partial charge on any atom is -0.495 e. The van der Waals surface area contributed by atoms with E-state index >= 15 is 0 Å². The first-order valence-electron chi connectivity index (χ1n) is 7.93. The van der Waals surface area contributed by atoms with Gasteiger partial charge in [0.25, 0.3) is 5.91 Å². The lowest BCUT2D eigenvalue weighted by molar-refractivity contribution is 0.102. The zero-order chi connectivity index (χ0) is 18.8. The van der Waals surface area contributed by atoms with Gasteiger partial charge in [-0.25, -0.2) is 4.52 Å². The summed E-state index contributed by atoms with van der Waals surface area (Å²) in [5, 5.41) is 20.0. The van der Waals surface area contributed by atoms with Crippen LogP contribution in [0.15, 0.2) is 55.1 Å². The van der Waals surface area contributed by atoms with E-state index in [1.165, 1.54) is 17.2 Å². The minimum atomic E-state index is -0.363. The molecule has 0 saturated heterocycles. The van der Waals surface area contributed by atoms with Gasteiger partial charge in [0.15, 0.2) is 0 Å². The minimum absolute atomic E-state index is 0.262. The maximum atomic E-state index is 12.7. The summed E-state index contributed by atoms with van der Waals surface area (Å²) in [5.41, 5.74) is 2.24. The fourth-order valence-electron chi connectivity index (χ4n) is 2.62. The number of benzene rings is 1. The molecule has 1 amide bonds. The topological polar surface area (TPSA) is 110 Å². The van der Waals surface area contributed by atoms with Crippen molar-refractivity contribution >= 4 is 17.4 Å². The van der Waals surface area contributed by atoms with Gasteiger partial charge in [-0.15, -0.1) is 0 Å². The van der Waals surface area contributed by atoms with Crippen molar-refractivity contribution in [1.29, 1.82) is 5.26 Å². The van der Waals surface area contributed by atoms with E-state index in [0.717, 1.165) is 0 Å². The number of amides is 1. The molecule has 0 saturated carbocycles. The number of hydrogen-bond donors (Lipinski definition) is 1. The quantitative estimate of drug-likeness (QED) is 0.597. The van der Waals surface area contributed by atoms with Gasteiger partial charge in [0, 0.05) is 0 Å². The number of ether oxygens (including phenoxy) is 1. The number of carbonyl (C=O) groups is 1. The van der Waals surface area contributed by atoms with Crippen molar-refractivity contribution in [1.82, 2.24) is 24.4 Å². The highest BCUT2D eigenvalue weighted by Crippen LogP contribution is 2.18. The molecule has 3 heterocycles. The molecule has 132 valence electrons. The highest BCUT2D eigenvalue weighted by Gasteiger charge is 2.16. The van der Waals surface area contributed by atoms with Gasteiger partial charge in [0.05, 0.1) is 47.9 Å². The number of rotatable bonds is 4. The molecule has 0 aliphatic heterocycles. The Hall–Kier alpha value is -4.19. The normalized spacial score (nSPS) is 10.5. The molecule has 3 aromatic heterocycles. The monoisotopic (exact) mass is 359 g/mol. The van der Waals surface area contributed by atoms with Gasteiger partial charge in [-0.1, -0.05) is 0 Å². The van der Waals surface area contributed by atoms with Gasteiger partial charge >= 0.3 is 0 Å². The van der Waals surface area contributed by atoms with Crippen molar-refractivity contribution in [2.75, 3.05) is 12.4 Å². The number of hydrogen-bond acceptors (Lipinski definition) is 6. The van der Waals surface area contributed by atoms with Crippen LogP contribution in [0.5, 0.6) is 5.75 Å². The van der Waals surface area contributed by atoms with E-state index in [-0.39, 0.29) is 11.9 Å². The first-order valence-corrected chi connectivity index (χ1v) is 7.93. The largest absolute Gasteiger partial charge is 0.495 e. The van der Waals surface area contributed by atoms with Crippen molar-refractivity contribution in [3.63, 3.8) is 0 Å². The Morgan fingerprint density at radius 2 is 2.00 bits per heavy atom. The number of carbonyl (C=O) groups excluding carboxylic acids is 1. The first kappa shape index (κ1) is 16.3. The third-order valence-corrected chi connectivity index (χ3v) is 3.98. The standard InChI is InChI=1S/C18H13N7O2/c1-27-14-6-7-16-15(9-21-24(16)10-14)17(26)23-18-20-11-22-25(18)13-4-2-12(8-19)3-5-13/h2-7,9-11H,1H3,(H,20,22,23,26). The molecule has 4 aromatic rings. The van der Waals surface area contributed by atoms with Crippen LogP contribution in [0.25, 0.3) is 11.2 Å². The number of nitrogens with one attached hydrogen (secondary N) is 1. The summed E-state index contributed by atoms with van der Waals surface area (Å²) in [5.74, 6) is 0.536. The molecule has 0 atom stereocenters. The Bertz CT molecular complexity index is 1170. The van der Waals surface area contributed by atoms with E-state index in [9.17, 15) is 4.79 Å². The van der Waals surface area contributed by atoms with Crippen LogP contribution >= 0.6 is 0 Å². The Labute approximate surface area is 153 Å². The number of nitrogens with zero attached hydrogens (tertiary/aromatic N) is 6. The fourth-order valence-corrected chi connectivity index (χ4v) is 2.62. The number of aromatic nitrogens is 5. The predicted octanol–water partition coefficient (Wildman–Crippen LogP) is 2.05. The van der Waals surface area contributed by atoms with Crippen molar-refractivity contribution < 1.29 is 9.53 Å². The molecule has 0 spiro atoms. The zero-order valence-electron chi connectivity index (χ0n) is 14.2. The van der Waals surface area contributed by atoms with Gasteiger partial charge in [0.1, 0.15) is 12.1 Å². The number of nitriles is 1. The molecule has 27 heavy (non-hydrogen) atoms. The van der Waals surface area contributed by atoms with Crippen molar-refractivity contribution in [2.45, 2.75) is 0 Å². The predicted molar refractivity (Wildman–Crippen MR) is 95.8 cm³/mol. The van der Waals surface area contributed by atoms with Crippen LogP contribution in [0.4, 0.5) is 5.95 Å². The lowest BCUT2D eigenvalue weighted by Crippen LogP contribution is -2.15. The number of pyridine rings is 1. The summed E-state index contributed by atoms with van der Waals surface area (Å²) in [6.45, 7) is 0. The number of methoxy groups -OCH3 is 1. The fraction of sp³-hybridized carbons (Fsp3) is 0.0556. The SMILES string of the molecule is COc1ccc2c(C(=O)Nc3ncnn3-c3ccc(C#N)cc3)cnn2c1. The maximum Gasteiger partial charge on any atom is 0.261 e. The van der Waals surface area contributed by atoms with Crippen LogP contribution in [0.2, 0.25) is 0 Å². The number of fused-ring (bicyclic) bond motifs is 1. The van der Waals surface area contributed by atoms with Crippen LogP contribution in [-0.2, 0) is 0 Å². The summed E-state index contributed by atoms with van der Waals surface area (Å²) in [6.07, 6.45) is 4.51. The van der Waals surface area contributed by atoms with E-state index in [4.69, 9.17) is 10.00 Å². The molecule has 0 aliphatic carbocycles. The summed E-state index contributed by atoms with van der Waals surface area (Å²) in [4.78, 5) is 16.8. The highest BCUT2D eigenvalue weighted by molar-refractivity contribution is 6.08. The van der Waals surface area contributed by atoms with Gasteiger partial charge in [-0.2, -0.15) is 25.1 Å². The smallest absolute Gasteiger partial charge is 0.261 e. The Kier molecular flexibility index (Phi) is 3.99. The lowest BCUT2D eigenvalue weighted by Gasteiger charge is -2.07. The Morgan fingerprint density at radius 1 is 1.19 bits per heavy atom. The van der Waals surface area contributed by atoms with Gasteiger partial charge < -0.3 is 4.74 Å². The summed E-state index contributed by atoms with van der Waals surface area (Å²) in [7, 11) is 1.56. The van der Waals surface area contributed by atoms with Crippen LogP contribution in [0.1, 0.15) is 15.9 Å². The summed E-state index contributed by atoms with van der Waals surface area (Å²) in [6, 6.07) is 12.4. The molecule has 0 radical (unpaired) electrons. The zero-order valence-corrected chi connectivity index (χ0v) is 14.2.